The van der Waals surface area contributed by atoms with Gasteiger partial charge < -0.3 is 10.4 Å². The summed E-state index contributed by atoms with van der Waals surface area (Å²) in [5.41, 5.74) is 0.861. The number of aliphatic hydroxyl groups excluding tert-OH is 1. The van der Waals surface area contributed by atoms with Crippen LogP contribution in [0.3, 0.4) is 0 Å². The molecule has 3 nitrogen and oxygen atoms in total. The van der Waals surface area contributed by atoms with Gasteiger partial charge in [-0.2, -0.15) is 0 Å². The summed E-state index contributed by atoms with van der Waals surface area (Å²) in [6.07, 6.45) is 2.54. The van der Waals surface area contributed by atoms with E-state index in [4.69, 9.17) is 16.7 Å². The molecule has 0 aromatic heterocycles. The fourth-order valence-corrected chi connectivity index (χ4v) is 1.29. The Bertz CT molecular complexity index is 388. The number of nitrogens with one attached hydrogen (secondary N) is 1. The minimum atomic E-state index is -0.538. The summed E-state index contributed by atoms with van der Waals surface area (Å²) in [6.45, 7) is 1.86. The van der Waals surface area contributed by atoms with Crippen molar-refractivity contribution >= 4 is 23.6 Å². The highest BCUT2D eigenvalue weighted by Gasteiger charge is 1.98. The Hall–Kier alpha value is -1.32. The molecule has 4 heteroatoms. The van der Waals surface area contributed by atoms with Crippen LogP contribution in [-0.4, -0.2) is 23.7 Å². The predicted octanol–water partition coefficient (Wildman–Crippen LogP) is 1.85. The first-order chi connectivity index (χ1) is 7.58. The summed E-state index contributed by atoms with van der Waals surface area (Å²) in [6, 6.07) is 7.20. The molecule has 1 amide bonds. The van der Waals surface area contributed by atoms with Crippen molar-refractivity contribution in [3.05, 3.63) is 40.9 Å². The first-order valence-corrected chi connectivity index (χ1v) is 5.35. The third-order valence-corrected chi connectivity index (χ3v) is 2.08. The summed E-state index contributed by atoms with van der Waals surface area (Å²) in [4.78, 5) is 11.3. The number of hydrogen-bond acceptors (Lipinski definition) is 2. The molecular formula is C12H14ClNO2. The van der Waals surface area contributed by atoms with Gasteiger partial charge >= 0.3 is 0 Å². The Kier molecular flexibility index (Phi) is 5.02. The number of carbonyl (C=O) groups excluding carboxylic acids is 1. The molecule has 2 N–H and O–H groups in total. The molecule has 0 radical (unpaired) electrons. The number of rotatable bonds is 4. The lowest BCUT2D eigenvalue weighted by Crippen LogP contribution is -2.28. The molecule has 0 aliphatic heterocycles. The lowest BCUT2D eigenvalue weighted by molar-refractivity contribution is -0.116. The topological polar surface area (TPSA) is 49.3 Å². The smallest absolute Gasteiger partial charge is 0.244 e. The Labute approximate surface area is 99.7 Å². The summed E-state index contributed by atoms with van der Waals surface area (Å²) in [5, 5.41) is 12.2. The minimum Gasteiger partial charge on any atom is -0.392 e. The van der Waals surface area contributed by atoms with Crippen molar-refractivity contribution in [1.82, 2.24) is 5.32 Å². The van der Waals surface area contributed by atoms with E-state index in [1.807, 2.05) is 12.1 Å². The number of amides is 1. The van der Waals surface area contributed by atoms with E-state index < -0.39 is 6.10 Å². The molecule has 0 aliphatic carbocycles. The van der Waals surface area contributed by atoms with E-state index in [-0.39, 0.29) is 12.5 Å². The zero-order valence-electron chi connectivity index (χ0n) is 8.98. The molecule has 1 atom stereocenters. The third kappa shape index (κ3) is 4.96. The molecule has 1 aromatic carbocycles. The number of benzene rings is 1. The van der Waals surface area contributed by atoms with Crippen molar-refractivity contribution in [2.75, 3.05) is 6.54 Å². The van der Waals surface area contributed by atoms with Crippen molar-refractivity contribution < 1.29 is 9.90 Å². The van der Waals surface area contributed by atoms with E-state index in [1.54, 1.807) is 25.1 Å². The lowest BCUT2D eigenvalue weighted by Gasteiger charge is -2.03. The van der Waals surface area contributed by atoms with Crippen LogP contribution in [0.5, 0.6) is 0 Å². The second kappa shape index (κ2) is 6.30. The summed E-state index contributed by atoms with van der Waals surface area (Å²) in [7, 11) is 0. The molecule has 0 heterocycles. The van der Waals surface area contributed by atoms with Crippen LogP contribution in [0.25, 0.3) is 6.08 Å². The second-order valence-corrected chi connectivity index (χ2v) is 3.92. The number of halogens is 1. The molecule has 0 saturated heterocycles. The van der Waals surface area contributed by atoms with Crippen LogP contribution < -0.4 is 5.32 Å². The maximum atomic E-state index is 11.3. The quantitative estimate of drug-likeness (QED) is 0.788. The van der Waals surface area contributed by atoms with Crippen molar-refractivity contribution in [2.24, 2.45) is 0 Å². The normalized spacial score (nSPS) is 12.7. The standard InChI is InChI=1S/C12H14ClNO2/c1-9(15)8-14-12(16)6-5-10-3-2-4-11(13)7-10/h2-7,9,15H,8H2,1H3,(H,14,16)/b6-5+/t9-/m1/s1. The zero-order valence-corrected chi connectivity index (χ0v) is 9.74. The Morgan fingerprint density at radius 3 is 3.00 bits per heavy atom. The molecule has 0 bridgehead atoms. The fourth-order valence-electron chi connectivity index (χ4n) is 1.09. The summed E-state index contributed by atoms with van der Waals surface area (Å²) >= 11 is 5.80. The summed E-state index contributed by atoms with van der Waals surface area (Å²) in [5.74, 6) is -0.235. The van der Waals surface area contributed by atoms with E-state index in [0.29, 0.717) is 5.02 Å². The van der Waals surface area contributed by atoms with Crippen LogP contribution in [0.15, 0.2) is 30.3 Å². The number of carbonyl (C=O) groups is 1. The van der Waals surface area contributed by atoms with Crippen LogP contribution in [0.2, 0.25) is 5.02 Å². The number of hydrogen-bond donors (Lipinski definition) is 2. The monoisotopic (exact) mass is 239 g/mol. The minimum absolute atomic E-state index is 0.235. The van der Waals surface area contributed by atoms with Gasteiger partial charge in [0.1, 0.15) is 0 Å². The fraction of sp³-hybridized carbons (Fsp3) is 0.250. The Morgan fingerprint density at radius 2 is 2.38 bits per heavy atom. The second-order valence-electron chi connectivity index (χ2n) is 3.48. The number of aliphatic hydroxyl groups is 1. The average Bonchev–Trinajstić information content (AvgIpc) is 2.23. The van der Waals surface area contributed by atoms with Gasteiger partial charge in [-0.1, -0.05) is 23.7 Å². The van der Waals surface area contributed by atoms with Crippen molar-refractivity contribution in [3.8, 4) is 0 Å². The van der Waals surface area contributed by atoms with E-state index in [9.17, 15) is 4.79 Å². The van der Waals surface area contributed by atoms with E-state index in [2.05, 4.69) is 5.32 Å². The maximum Gasteiger partial charge on any atom is 0.244 e. The van der Waals surface area contributed by atoms with Crippen molar-refractivity contribution in [2.45, 2.75) is 13.0 Å². The van der Waals surface area contributed by atoms with Gasteiger partial charge in [-0.05, 0) is 30.7 Å². The van der Waals surface area contributed by atoms with Gasteiger partial charge in [0.05, 0.1) is 6.10 Å². The van der Waals surface area contributed by atoms with Crippen molar-refractivity contribution in [1.29, 1.82) is 0 Å². The third-order valence-electron chi connectivity index (χ3n) is 1.85. The van der Waals surface area contributed by atoms with E-state index in [1.165, 1.54) is 6.08 Å². The van der Waals surface area contributed by atoms with Crippen molar-refractivity contribution in [3.63, 3.8) is 0 Å². The van der Waals surface area contributed by atoms with Crippen LogP contribution in [0.1, 0.15) is 12.5 Å². The highest BCUT2D eigenvalue weighted by Crippen LogP contribution is 2.11. The molecule has 0 fully saturated rings. The SMILES string of the molecule is C[C@@H](O)CNC(=O)/C=C/c1cccc(Cl)c1. The van der Waals surface area contributed by atoms with Crippen LogP contribution >= 0.6 is 11.6 Å². The van der Waals surface area contributed by atoms with Gasteiger partial charge in [0, 0.05) is 17.6 Å². The summed E-state index contributed by atoms with van der Waals surface area (Å²) < 4.78 is 0. The van der Waals surface area contributed by atoms with Crippen LogP contribution in [0.4, 0.5) is 0 Å². The van der Waals surface area contributed by atoms with Gasteiger partial charge in [-0.25, -0.2) is 0 Å². The van der Waals surface area contributed by atoms with Gasteiger partial charge in [0.25, 0.3) is 0 Å². The van der Waals surface area contributed by atoms with Gasteiger partial charge in [0.2, 0.25) is 5.91 Å². The molecule has 0 spiro atoms. The predicted molar refractivity (Wildman–Crippen MR) is 65.2 cm³/mol. The molecule has 1 aromatic rings. The van der Waals surface area contributed by atoms with Gasteiger partial charge in [0.15, 0.2) is 0 Å². The van der Waals surface area contributed by atoms with E-state index in [0.717, 1.165) is 5.56 Å². The molecule has 86 valence electrons. The largest absolute Gasteiger partial charge is 0.392 e. The van der Waals surface area contributed by atoms with Gasteiger partial charge in [-0.3, -0.25) is 4.79 Å². The first kappa shape index (κ1) is 12.7. The molecular weight excluding hydrogens is 226 g/mol. The first-order valence-electron chi connectivity index (χ1n) is 4.97. The highest BCUT2D eigenvalue weighted by molar-refractivity contribution is 6.30. The molecule has 0 unspecified atom stereocenters. The Balaban J connectivity index is 2.50. The Morgan fingerprint density at radius 1 is 1.62 bits per heavy atom. The van der Waals surface area contributed by atoms with Gasteiger partial charge in [-0.15, -0.1) is 0 Å². The zero-order chi connectivity index (χ0) is 12.0. The molecule has 1 rings (SSSR count). The maximum absolute atomic E-state index is 11.3. The van der Waals surface area contributed by atoms with Crippen LogP contribution in [0, 0.1) is 0 Å². The lowest BCUT2D eigenvalue weighted by atomic mass is 10.2. The molecule has 0 aliphatic rings. The van der Waals surface area contributed by atoms with E-state index >= 15 is 0 Å². The molecule has 0 saturated carbocycles. The highest BCUT2D eigenvalue weighted by atomic mass is 35.5. The molecule has 16 heavy (non-hydrogen) atoms. The van der Waals surface area contributed by atoms with Crippen LogP contribution in [-0.2, 0) is 4.79 Å². The average molecular weight is 240 g/mol.